The van der Waals surface area contributed by atoms with Crippen LogP contribution in [-0.4, -0.2) is 43.8 Å². The van der Waals surface area contributed by atoms with Gasteiger partial charge < -0.3 is 15.0 Å². The number of hydrogen-bond acceptors (Lipinski definition) is 4. The molecule has 148 valence electrons. The molecule has 2 aromatic carbocycles. The van der Waals surface area contributed by atoms with Crippen LogP contribution < -0.4 is 10.1 Å². The summed E-state index contributed by atoms with van der Waals surface area (Å²) < 4.78 is 31.1. The molecule has 7 heteroatoms. The van der Waals surface area contributed by atoms with Crippen molar-refractivity contribution < 1.29 is 17.9 Å². The van der Waals surface area contributed by atoms with E-state index in [1.165, 1.54) is 0 Å². The molecule has 0 spiro atoms. The number of carbonyl (C=O) groups excluding carboxylic acids is 1. The second-order valence-corrected chi connectivity index (χ2v) is 9.63. The molecule has 3 atom stereocenters. The Kier molecular flexibility index (Phi) is 5.02. The van der Waals surface area contributed by atoms with Gasteiger partial charge in [0.05, 0.1) is 17.3 Å². The normalized spacial score (nSPS) is 24.0. The highest BCUT2D eigenvalue weighted by Gasteiger charge is 2.47. The molecule has 4 rings (SSSR count). The van der Waals surface area contributed by atoms with E-state index in [0.29, 0.717) is 23.4 Å². The SMILES string of the molecule is COc1ccc(NC(=O)N2[C@@H]3CC[C@H]2CC(S(=O)(=O)c2ccccc2)C3)cc1. The van der Waals surface area contributed by atoms with Crippen molar-refractivity contribution in [3.63, 3.8) is 0 Å². The monoisotopic (exact) mass is 400 g/mol. The predicted molar refractivity (Wildman–Crippen MR) is 107 cm³/mol. The third-order valence-corrected chi connectivity index (χ3v) is 7.97. The van der Waals surface area contributed by atoms with Crippen LogP contribution in [0.5, 0.6) is 5.75 Å². The molecular formula is C21H24N2O4S. The van der Waals surface area contributed by atoms with Crippen LogP contribution in [0.15, 0.2) is 59.5 Å². The fourth-order valence-corrected chi connectivity index (χ4v) is 6.25. The number of amides is 2. The van der Waals surface area contributed by atoms with Gasteiger partial charge in [-0.3, -0.25) is 0 Å². The van der Waals surface area contributed by atoms with Gasteiger partial charge in [-0.1, -0.05) is 18.2 Å². The zero-order chi connectivity index (χ0) is 19.7. The van der Waals surface area contributed by atoms with Crippen molar-refractivity contribution in [2.45, 2.75) is 47.9 Å². The van der Waals surface area contributed by atoms with Crippen molar-refractivity contribution in [2.75, 3.05) is 12.4 Å². The van der Waals surface area contributed by atoms with Crippen LogP contribution in [0.1, 0.15) is 25.7 Å². The highest BCUT2D eigenvalue weighted by molar-refractivity contribution is 7.92. The second kappa shape index (κ2) is 7.47. The summed E-state index contributed by atoms with van der Waals surface area (Å²) in [5.41, 5.74) is 0.698. The standard InChI is InChI=1S/C21H24N2O4S/c1-27-18-11-7-15(8-12-18)22-21(24)23-16-9-10-17(23)14-20(13-16)28(25,26)19-5-3-2-4-6-19/h2-8,11-12,16-17,20H,9-10,13-14H2,1H3,(H,22,24)/t16-,17+,20?. The second-order valence-electron chi connectivity index (χ2n) is 7.40. The van der Waals surface area contributed by atoms with Crippen LogP contribution in [0.4, 0.5) is 10.5 Å². The summed E-state index contributed by atoms with van der Waals surface area (Å²) in [4.78, 5) is 15.1. The Morgan fingerprint density at radius 1 is 1.00 bits per heavy atom. The molecule has 2 aromatic rings. The molecule has 2 fully saturated rings. The third-order valence-electron chi connectivity index (χ3n) is 5.78. The van der Waals surface area contributed by atoms with E-state index in [2.05, 4.69) is 5.32 Å². The van der Waals surface area contributed by atoms with Gasteiger partial charge in [-0.15, -0.1) is 0 Å². The highest BCUT2D eigenvalue weighted by Crippen LogP contribution is 2.40. The minimum Gasteiger partial charge on any atom is -0.497 e. The summed E-state index contributed by atoms with van der Waals surface area (Å²) in [6.07, 6.45) is 2.68. The summed E-state index contributed by atoms with van der Waals surface area (Å²) >= 11 is 0. The summed E-state index contributed by atoms with van der Waals surface area (Å²) in [6.45, 7) is 0. The molecule has 2 saturated heterocycles. The van der Waals surface area contributed by atoms with Crippen molar-refractivity contribution in [2.24, 2.45) is 0 Å². The molecule has 0 saturated carbocycles. The van der Waals surface area contributed by atoms with E-state index in [4.69, 9.17) is 4.74 Å². The number of anilines is 1. The van der Waals surface area contributed by atoms with E-state index in [1.807, 2.05) is 11.0 Å². The maximum Gasteiger partial charge on any atom is 0.322 e. The van der Waals surface area contributed by atoms with Crippen molar-refractivity contribution in [1.82, 2.24) is 4.90 Å². The molecule has 2 bridgehead atoms. The molecule has 2 amide bonds. The number of ether oxygens (including phenoxy) is 1. The lowest BCUT2D eigenvalue weighted by molar-refractivity contribution is 0.160. The topological polar surface area (TPSA) is 75.7 Å². The maximum absolute atomic E-state index is 13.0. The Morgan fingerprint density at radius 2 is 1.61 bits per heavy atom. The molecular weight excluding hydrogens is 376 g/mol. The fourth-order valence-electron chi connectivity index (χ4n) is 4.38. The van der Waals surface area contributed by atoms with Gasteiger partial charge in [0.25, 0.3) is 0 Å². The van der Waals surface area contributed by atoms with E-state index in [1.54, 1.807) is 55.6 Å². The lowest BCUT2D eigenvalue weighted by Gasteiger charge is -2.38. The van der Waals surface area contributed by atoms with E-state index in [-0.39, 0.29) is 18.1 Å². The van der Waals surface area contributed by atoms with Crippen molar-refractivity contribution in [3.8, 4) is 5.75 Å². The number of piperidine rings is 1. The zero-order valence-electron chi connectivity index (χ0n) is 15.7. The van der Waals surface area contributed by atoms with Gasteiger partial charge in [0.2, 0.25) is 0 Å². The first kappa shape index (κ1) is 18.8. The van der Waals surface area contributed by atoms with Gasteiger partial charge in [-0.2, -0.15) is 0 Å². The first-order valence-corrected chi connectivity index (χ1v) is 11.1. The number of nitrogens with zero attached hydrogens (tertiary/aromatic N) is 1. The molecule has 1 unspecified atom stereocenters. The molecule has 2 aliphatic heterocycles. The lowest BCUT2D eigenvalue weighted by atomic mass is 10.0. The van der Waals surface area contributed by atoms with Crippen molar-refractivity contribution in [3.05, 3.63) is 54.6 Å². The van der Waals surface area contributed by atoms with Crippen LogP contribution in [0.3, 0.4) is 0 Å². The highest BCUT2D eigenvalue weighted by atomic mass is 32.2. The number of methoxy groups -OCH3 is 1. The van der Waals surface area contributed by atoms with E-state index in [0.717, 1.165) is 18.6 Å². The Morgan fingerprint density at radius 3 is 2.18 bits per heavy atom. The largest absolute Gasteiger partial charge is 0.497 e. The Bertz CT molecular complexity index is 930. The fraction of sp³-hybridized carbons (Fsp3) is 0.381. The molecule has 2 aliphatic rings. The number of fused-ring (bicyclic) bond motifs is 2. The number of sulfone groups is 1. The van der Waals surface area contributed by atoms with Gasteiger partial charge in [-0.25, -0.2) is 13.2 Å². The van der Waals surface area contributed by atoms with Gasteiger partial charge in [0.15, 0.2) is 9.84 Å². The van der Waals surface area contributed by atoms with Gasteiger partial charge in [0.1, 0.15) is 5.75 Å². The van der Waals surface area contributed by atoms with Crippen LogP contribution >= 0.6 is 0 Å². The minimum absolute atomic E-state index is 0.0412. The average molecular weight is 401 g/mol. The molecule has 6 nitrogen and oxygen atoms in total. The number of nitrogens with one attached hydrogen (secondary N) is 1. The van der Waals surface area contributed by atoms with Crippen LogP contribution in [0.2, 0.25) is 0 Å². The number of benzene rings is 2. The van der Waals surface area contributed by atoms with Crippen molar-refractivity contribution in [1.29, 1.82) is 0 Å². The number of carbonyl (C=O) groups is 1. The van der Waals surface area contributed by atoms with Gasteiger partial charge in [-0.05, 0) is 62.1 Å². The van der Waals surface area contributed by atoms with Gasteiger partial charge in [0, 0.05) is 17.8 Å². The van der Waals surface area contributed by atoms with Crippen molar-refractivity contribution >= 4 is 21.6 Å². The van der Waals surface area contributed by atoms with E-state index in [9.17, 15) is 13.2 Å². The number of rotatable bonds is 4. The smallest absolute Gasteiger partial charge is 0.322 e. The molecule has 0 radical (unpaired) electrons. The lowest BCUT2D eigenvalue weighted by Crippen LogP contribution is -2.51. The predicted octanol–water partition coefficient (Wildman–Crippen LogP) is 3.70. The summed E-state index contributed by atoms with van der Waals surface area (Å²) in [7, 11) is -1.78. The summed E-state index contributed by atoms with van der Waals surface area (Å²) in [6, 6.07) is 15.6. The van der Waals surface area contributed by atoms with E-state index < -0.39 is 15.1 Å². The molecule has 1 N–H and O–H groups in total. The molecule has 28 heavy (non-hydrogen) atoms. The first-order chi connectivity index (χ1) is 13.5. The number of hydrogen-bond donors (Lipinski definition) is 1. The average Bonchev–Trinajstić information content (AvgIpc) is 2.98. The van der Waals surface area contributed by atoms with E-state index >= 15 is 0 Å². The Labute approximate surface area is 165 Å². The van der Waals surface area contributed by atoms with Crippen LogP contribution in [-0.2, 0) is 9.84 Å². The summed E-state index contributed by atoms with van der Waals surface area (Å²) in [5.74, 6) is 0.727. The quantitative estimate of drug-likeness (QED) is 0.849. The molecule has 0 aromatic heterocycles. The minimum atomic E-state index is -3.38. The van der Waals surface area contributed by atoms with Gasteiger partial charge >= 0.3 is 6.03 Å². The van der Waals surface area contributed by atoms with Crippen LogP contribution in [0, 0.1) is 0 Å². The maximum atomic E-state index is 13.0. The molecule has 0 aliphatic carbocycles. The first-order valence-electron chi connectivity index (χ1n) is 9.51. The summed E-state index contributed by atoms with van der Waals surface area (Å²) in [5, 5.41) is 2.50. The Balaban J connectivity index is 1.47. The third kappa shape index (κ3) is 3.46. The number of urea groups is 1. The van der Waals surface area contributed by atoms with Crippen LogP contribution in [0.25, 0.3) is 0 Å². The molecule has 2 heterocycles. The zero-order valence-corrected chi connectivity index (χ0v) is 16.6. The Hall–Kier alpha value is -2.54.